The molecule has 0 N–H and O–H groups in total. The third-order valence-corrected chi connectivity index (χ3v) is 5.48. The number of ether oxygens (including phenoxy) is 2. The fourth-order valence-corrected chi connectivity index (χ4v) is 3.79. The normalized spacial score (nSPS) is 13.2. The van der Waals surface area contributed by atoms with Gasteiger partial charge in [-0.25, -0.2) is 23.4 Å². The van der Waals surface area contributed by atoms with E-state index in [1.807, 2.05) is 47.9 Å². The quantitative estimate of drug-likeness (QED) is 0.481. The maximum absolute atomic E-state index is 12.0. The molecule has 0 saturated heterocycles. The van der Waals surface area contributed by atoms with Crippen LogP contribution in [0.3, 0.4) is 0 Å². The van der Waals surface area contributed by atoms with Crippen molar-refractivity contribution in [3.05, 3.63) is 54.2 Å². The van der Waals surface area contributed by atoms with Gasteiger partial charge < -0.3 is 9.47 Å². The number of imidazole rings is 1. The van der Waals surface area contributed by atoms with E-state index in [1.165, 1.54) is 6.20 Å². The summed E-state index contributed by atoms with van der Waals surface area (Å²) in [6, 6.07) is 13.1. The van der Waals surface area contributed by atoms with E-state index in [0.717, 1.165) is 28.4 Å². The van der Waals surface area contributed by atoms with E-state index in [9.17, 15) is 8.42 Å². The average molecular weight is 408 g/mol. The predicted molar refractivity (Wildman–Crippen MR) is 106 cm³/mol. The Kier molecular flexibility index (Phi) is 3.82. The van der Waals surface area contributed by atoms with Crippen molar-refractivity contribution in [2.75, 3.05) is 13.0 Å². The molecule has 9 heteroatoms. The van der Waals surface area contributed by atoms with Gasteiger partial charge in [-0.3, -0.25) is 4.57 Å². The number of hydrogen-bond acceptors (Lipinski definition) is 7. The number of hydrogen-bond donors (Lipinski definition) is 0. The second-order valence-electron chi connectivity index (χ2n) is 6.80. The third-order valence-electron chi connectivity index (χ3n) is 4.62. The van der Waals surface area contributed by atoms with Crippen LogP contribution in [0.5, 0.6) is 11.5 Å². The molecule has 1 aliphatic rings. The van der Waals surface area contributed by atoms with Crippen molar-refractivity contribution in [2.24, 2.45) is 0 Å². The van der Waals surface area contributed by atoms with Crippen LogP contribution in [0.2, 0.25) is 0 Å². The minimum Gasteiger partial charge on any atom is -0.454 e. The van der Waals surface area contributed by atoms with Crippen LogP contribution in [0.4, 0.5) is 0 Å². The van der Waals surface area contributed by atoms with Gasteiger partial charge >= 0.3 is 0 Å². The molecule has 0 spiro atoms. The van der Waals surface area contributed by atoms with Gasteiger partial charge in [0.15, 0.2) is 11.5 Å². The Morgan fingerprint density at radius 3 is 2.66 bits per heavy atom. The molecule has 29 heavy (non-hydrogen) atoms. The second kappa shape index (κ2) is 6.28. The monoisotopic (exact) mass is 408 g/mol. The summed E-state index contributed by atoms with van der Waals surface area (Å²) in [6.07, 6.45) is 2.52. The first-order chi connectivity index (χ1) is 13.9. The molecule has 0 saturated carbocycles. The largest absolute Gasteiger partial charge is 0.454 e. The molecule has 8 nitrogen and oxygen atoms in total. The highest BCUT2D eigenvalue weighted by atomic mass is 32.2. The van der Waals surface area contributed by atoms with Crippen molar-refractivity contribution in [1.82, 2.24) is 19.5 Å². The molecule has 0 radical (unpaired) electrons. The zero-order chi connectivity index (χ0) is 20.2. The smallest absolute Gasteiger partial charge is 0.248 e. The zero-order valence-corrected chi connectivity index (χ0v) is 16.5. The van der Waals surface area contributed by atoms with E-state index < -0.39 is 9.84 Å². The Hall–Kier alpha value is -3.46. The summed E-state index contributed by atoms with van der Waals surface area (Å²) in [5.41, 5.74) is 3.43. The molecule has 0 atom stereocenters. The molecule has 0 fully saturated rings. The van der Waals surface area contributed by atoms with Crippen molar-refractivity contribution in [3.8, 4) is 28.7 Å². The third kappa shape index (κ3) is 2.99. The molecule has 2 aromatic heterocycles. The van der Waals surface area contributed by atoms with Gasteiger partial charge in [-0.2, -0.15) is 0 Å². The summed E-state index contributed by atoms with van der Waals surface area (Å²) in [4.78, 5) is 13.0. The summed E-state index contributed by atoms with van der Waals surface area (Å²) in [5.74, 6) is 2.34. The molecule has 0 amide bonds. The number of aromatic nitrogens is 4. The molecule has 2 aromatic carbocycles. The average Bonchev–Trinajstić information content (AvgIpc) is 3.30. The molecule has 1 aliphatic heterocycles. The molecule has 0 bridgehead atoms. The van der Waals surface area contributed by atoms with Crippen LogP contribution in [-0.4, -0.2) is 41.0 Å². The van der Waals surface area contributed by atoms with Crippen LogP contribution in [-0.2, 0) is 9.84 Å². The van der Waals surface area contributed by atoms with Crippen LogP contribution in [0.25, 0.3) is 28.2 Å². The van der Waals surface area contributed by atoms with Crippen LogP contribution in [0.15, 0.2) is 53.8 Å². The summed E-state index contributed by atoms with van der Waals surface area (Å²) in [7, 11) is -3.56. The highest BCUT2D eigenvalue weighted by Crippen LogP contribution is 2.37. The number of benzene rings is 2. The number of rotatable bonds is 3. The summed E-state index contributed by atoms with van der Waals surface area (Å²) in [6.45, 7) is 2.16. The lowest BCUT2D eigenvalue weighted by atomic mass is 10.2. The minimum absolute atomic E-state index is 0.179. The minimum atomic E-state index is -3.56. The van der Waals surface area contributed by atoms with Crippen LogP contribution in [0.1, 0.15) is 5.56 Å². The number of fused-ring (bicyclic) bond motifs is 2. The Labute approximate surface area is 166 Å². The highest BCUT2D eigenvalue weighted by Gasteiger charge is 2.21. The molecule has 3 heterocycles. The van der Waals surface area contributed by atoms with Crippen molar-refractivity contribution in [3.63, 3.8) is 0 Å². The molecule has 146 valence electrons. The molecule has 0 aliphatic carbocycles. The maximum Gasteiger partial charge on any atom is 0.248 e. The van der Waals surface area contributed by atoms with Gasteiger partial charge in [0.1, 0.15) is 11.6 Å². The van der Waals surface area contributed by atoms with E-state index >= 15 is 0 Å². The Balaban J connectivity index is 1.80. The van der Waals surface area contributed by atoms with Gasteiger partial charge in [0, 0.05) is 18.0 Å². The van der Waals surface area contributed by atoms with E-state index in [1.54, 1.807) is 6.07 Å². The predicted octanol–water partition coefficient (Wildman–Crippen LogP) is 2.92. The molecular formula is C20H16N4O4S. The van der Waals surface area contributed by atoms with Crippen molar-refractivity contribution in [2.45, 2.75) is 12.1 Å². The lowest BCUT2D eigenvalue weighted by Crippen LogP contribution is -2.08. The van der Waals surface area contributed by atoms with Crippen molar-refractivity contribution >= 4 is 20.9 Å². The highest BCUT2D eigenvalue weighted by molar-refractivity contribution is 7.90. The molecular weight excluding hydrogens is 392 g/mol. The van der Waals surface area contributed by atoms with Gasteiger partial charge in [-0.05, 0) is 48.9 Å². The number of aryl methyl sites for hydroxylation is 1. The first-order valence-electron chi connectivity index (χ1n) is 8.83. The van der Waals surface area contributed by atoms with Gasteiger partial charge in [0.25, 0.3) is 0 Å². The standard InChI is InChI=1S/C20H16N4O4S/c1-12-3-5-14-15(9-12)24(18-7-8-21-20(23-18)29(2,25)26)19(22-14)13-4-6-16-17(10-13)28-11-27-16/h3-10H,11H2,1-2H3. The Morgan fingerprint density at radius 2 is 1.83 bits per heavy atom. The summed E-state index contributed by atoms with van der Waals surface area (Å²) in [5, 5.41) is -0.235. The fourth-order valence-electron chi connectivity index (χ4n) is 3.28. The van der Waals surface area contributed by atoms with Gasteiger partial charge in [-0.15, -0.1) is 0 Å². The van der Waals surface area contributed by atoms with Crippen LogP contribution in [0, 0.1) is 6.92 Å². The summed E-state index contributed by atoms with van der Waals surface area (Å²) < 4.78 is 36.7. The Bertz CT molecular complexity index is 1380. The summed E-state index contributed by atoms with van der Waals surface area (Å²) >= 11 is 0. The molecule has 5 rings (SSSR count). The lowest BCUT2D eigenvalue weighted by molar-refractivity contribution is 0.174. The van der Waals surface area contributed by atoms with Crippen molar-refractivity contribution in [1.29, 1.82) is 0 Å². The van der Waals surface area contributed by atoms with Gasteiger partial charge in [-0.1, -0.05) is 6.07 Å². The number of sulfone groups is 1. The lowest BCUT2D eigenvalue weighted by Gasteiger charge is -2.10. The Morgan fingerprint density at radius 1 is 1.00 bits per heavy atom. The van der Waals surface area contributed by atoms with Gasteiger partial charge in [0.05, 0.1) is 11.0 Å². The van der Waals surface area contributed by atoms with E-state index in [0.29, 0.717) is 23.1 Å². The molecule has 4 aromatic rings. The van der Waals surface area contributed by atoms with Crippen LogP contribution >= 0.6 is 0 Å². The first kappa shape index (κ1) is 17.6. The maximum atomic E-state index is 12.0. The second-order valence-corrected chi connectivity index (χ2v) is 8.71. The van der Waals surface area contributed by atoms with E-state index in [-0.39, 0.29) is 11.9 Å². The van der Waals surface area contributed by atoms with Crippen molar-refractivity contribution < 1.29 is 17.9 Å². The van der Waals surface area contributed by atoms with Gasteiger partial charge in [0.2, 0.25) is 21.8 Å². The van der Waals surface area contributed by atoms with E-state index in [4.69, 9.17) is 14.5 Å². The molecule has 0 unspecified atom stereocenters. The number of nitrogens with zero attached hydrogens (tertiary/aromatic N) is 4. The first-order valence-corrected chi connectivity index (χ1v) is 10.7. The fraction of sp³-hybridized carbons (Fsp3) is 0.150. The van der Waals surface area contributed by atoms with Crippen LogP contribution < -0.4 is 9.47 Å². The topological polar surface area (TPSA) is 96.2 Å². The SMILES string of the molecule is Cc1ccc2nc(-c3ccc4c(c3)OCO4)n(-c3ccnc(S(C)(=O)=O)n3)c2c1. The zero-order valence-electron chi connectivity index (χ0n) is 15.7. The van der Waals surface area contributed by atoms with E-state index in [2.05, 4.69) is 9.97 Å².